The summed E-state index contributed by atoms with van der Waals surface area (Å²) in [7, 11) is 0. The molecule has 2 heterocycles. The van der Waals surface area contributed by atoms with E-state index in [1.807, 2.05) is 6.07 Å². The maximum atomic E-state index is 13.8. The van der Waals surface area contributed by atoms with Gasteiger partial charge in [-0.25, -0.2) is 14.4 Å². The topological polar surface area (TPSA) is 41.6 Å². The lowest BCUT2D eigenvalue weighted by Gasteiger charge is -1.99. The monoisotopic (exact) mass is 247 g/mol. The molecular weight excluding hydrogens is 241 g/mol. The summed E-state index contributed by atoms with van der Waals surface area (Å²) in [5, 5.41) is 0.0796. The van der Waals surface area contributed by atoms with Gasteiger partial charge in [-0.05, 0) is 24.3 Å². The number of halogens is 2. The Morgan fingerprint density at radius 1 is 1.18 bits per heavy atom. The molecule has 1 aromatic carbocycles. The van der Waals surface area contributed by atoms with Gasteiger partial charge in [-0.15, -0.1) is 0 Å². The van der Waals surface area contributed by atoms with Crippen LogP contribution >= 0.6 is 11.6 Å². The number of rotatable bonds is 1. The molecule has 0 fully saturated rings. The molecule has 0 spiro atoms. The van der Waals surface area contributed by atoms with E-state index in [1.165, 1.54) is 6.07 Å². The number of aromatic nitrogens is 3. The van der Waals surface area contributed by atoms with Gasteiger partial charge in [-0.3, -0.25) is 0 Å². The highest BCUT2D eigenvalue weighted by atomic mass is 35.5. The van der Waals surface area contributed by atoms with E-state index in [-0.39, 0.29) is 5.02 Å². The van der Waals surface area contributed by atoms with Crippen LogP contribution in [0.15, 0.2) is 36.5 Å². The van der Waals surface area contributed by atoms with Crippen LogP contribution in [0.5, 0.6) is 0 Å². The third-order valence-corrected chi connectivity index (χ3v) is 2.76. The van der Waals surface area contributed by atoms with Crippen LogP contribution in [0, 0.1) is 5.82 Å². The molecule has 0 aliphatic carbocycles. The Morgan fingerprint density at radius 2 is 2.06 bits per heavy atom. The lowest BCUT2D eigenvalue weighted by atomic mass is 10.2. The van der Waals surface area contributed by atoms with Gasteiger partial charge in [0.2, 0.25) is 0 Å². The van der Waals surface area contributed by atoms with Crippen molar-refractivity contribution in [1.82, 2.24) is 15.0 Å². The fourth-order valence-corrected chi connectivity index (χ4v) is 1.83. The van der Waals surface area contributed by atoms with Gasteiger partial charge in [-0.2, -0.15) is 0 Å². The molecule has 0 saturated heterocycles. The van der Waals surface area contributed by atoms with E-state index >= 15 is 0 Å². The Labute approximate surface area is 101 Å². The number of aromatic amines is 1. The largest absolute Gasteiger partial charge is 0.336 e. The highest BCUT2D eigenvalue weighted by Crippen LogP contribution is 2.26. The molecule has 0 unspecified atom stereocenters. The maximum absolute atomic E-state index is 13.8. The molecule has 0 saturated carbocycles. The minimum absolute atomic E-state index is 0.0796. The summed E-state index contributed by atoms with van der Waals surface area (Å²) in [5.74, 6) is -0.0491. The number of pyridine rings is 1. The molecule has 17 heavy (non-hydrogen) atoms. The number of nitrogens with zero attached hydrogens (tertiary/aromatic N) is 2. The number of hydrogen-bond donors (Lipinski definition) is 1. The summed E-state index contributed by atoms with van der Waals surface area (Å²) in [6.07, 6.45) is 1.64. The molecule has 5 heteroatoms. The first kappa shape index (κ1) is 10.2. The van der Waals surface area contributed by atoms with E-state index in [0.29, 0.717) is 17.0 Å². The zero-order valence-electron chi connectivity index (χ0n) is 8.61. The SMILES string of the molecule is Fc1c(Cl)cccc1-c1nc2ncccc2[nH]1. The second-order valence-electron chi connectivity index (χ2n) is 3.56. The lowest BCUT2D eigenvalue weighted by molar-refractivity contribution is 0.630. The Kier molecular flexibility index (Phi) is 2.30. The number of nitrogens with one attached hydrogen (secondary N) is 1. The molecule has 0 amide bonds. The van der Waals surface area contributed by atoms with Crippen LogP contribution in [0.1, 0.15) is 0 Å². The molecule has 0 aliphatic heterocycles. The Bertz CT molecular complexity index is 660. The van der Waals surface area contributed by atoms with Crippen molar-refractivity contribution >= 4 is 22.8 Å². The van der Waals surface area contributed by atoms with Crippen molar-refractivity contribution in [2.45, 2.75) is 0 Å². The van der Waals surface area contributed by atoms with Crippen LogP contribution in [-0.4, -0.2) is 15.0 Å². The van der Waals surface area contributed by atoms with Crippen molar-refractivity contribution in [3.05, 3.63) is 47.4 Å². The van der Waals surface area contributed by atoms with Gasteiger partial charge >= 0.3 is 0 Å². The van der Waals surface area contributed by atoms with E-state index in [9.17, 15) is 4.39 Å². The normalized spacial score (nSPS) is 10.9. The molecule has 0 aliphatic rings. The molecule has 0 bridgehead atoms. The van der Waals surface area contributed by atoms with Crippen LogP contribution in [0.3, 0.4) is 0 Å². The van der Waals surface area contributed by atoms with Crippen LogP contribution in [-0.2, 0) is 0 Å². The molecule has 3 nitrogen and oxygen atoms in total. The van der Waals surface area contributed by atoms with Gasteiger partial charge < -0.3 is 4.98 Å². The van der Waals surface area contributed by atoms with E-state index < -0.39 is 5.82 Å². The number of fused-ring (bicyclic) bond motifs is 1. The fraction of sp³-hybridized carbons (Fsp3) is 0. The molecule has 3 aromatic rings. The minimum atomic E-state index is -0.478. The number of benzene rings is 1. The predicted octanol–water partition coefficient (Wildman–Crippen LogP) is 3.42. The van der Waals surface area contributed by atoms with Crippen LogP contribution in [0.4, 0.5) is 4.39 Å². The van der Waals surface area contributed by atoms with Gasteiger partial charge in [0, 0.05) is 6.20 Å². The third-order valence-electron chi connectivity index (χ3n) is 2.46. The van der Waals surface area contributed by atoms with E-state index in [1.54, 1.807) is 24.4 Å². The van der Waals surface area contributed by atoms with Gasteiger partial charge in [-0.1, -0.05) is 17.7 Å². The number of hydrogen-bond acceptors (Lipinski definition) is 2. The predicted molar refractivity (Wildman–Crippen MR) is 64.3 cm³/mol. The summed E-state index contributed by atoms with van der Waals surface area (Å²) in [6.45, 7) is 0. The quantitative estimate of drug-likeness (QED) is 0.716. The fourth-order valence-electron chi connectivity index (χ4n) is 1.66. The van der Waals surface area contributed by atoms with Crippen LogP contribution < -0.4 is 0 Å². The maximum Gasteiger partial charge on any atom is 0.178 e. The average molecular weight is 248 g/mol. The zero-order chi connectivity index (χ0) is 11.8. The molecule has 0 atom stereocenters. The van der Waals surface area contributed by atoms with Gasteiger partial charge in [0.05, 0.1) is 16.1 Å². The standard InChI is InChI=1S/C12H7ClFN3/c13-8-4-1-3-7(10(8)14)11-16-9-5-2-6-15-12(9)17-11/h1-6H,(H,15,16,17). The number of imidazole rings is 1. The molecule has 3 rings (SSSR count). The van der Waals surface area contributed by atoms with Crippen molar-refractivity contribution < 1.29 is 4.39 Å². The smallest absolute Gasteiger partial charge is 0.178 e. The van der Waals surface area contributed by atoms with E-state index in [2.05, 4.69) is 15.0 Å². The molecule has 1 N–H and O–H groups in total. The average Bonchev–Trinajstić information content (AvgIpc) is 2.76. The molecule has 0 radical (unpaired) electrons. The van der Waals surface area contributed by atoms with Crippen molar-refractivity contribution in [3.63, 3.8) is 0 Å². The van der Waals surface area contributed by atoms with E-state index in [4.69, 9.17) is 11.6 Å². The second kappa shape index (κ2) is 3.82. The molecule has 84 valence electrons. The van der Waals surface area contributed by atoms with Crippen LogP contribution in [0.2, 0.25) is 5.02 Å². The lowest BCUT2D eigenvalue weighted by Crippen LogP contribution is -1.87. The third kappa shape index (κ3) is 1.66. The Morgan fingerprint density at radius 3 is 2.88 bits per heavy atom. The zero-order valence-corrected chi connectivity index (χ0v) is 9.37. The summed E-state index contributed by atoms with van der Waals surface area (Å²) in [4.78, 5) is 11.3. The highest BCUT2D eigenvalue weighted by molar-refractivity contribution is 6.31. The van der Waals surface area contributed by atoms with Gasteiger partial charge in [0.15, 0.2) is 11.5 Å². The Hall–Kier alpha value is -1.94. The van der Waals surface area contributed by atoms with Crippen molar-refractivity contribution in [2.75, 3.05) is 0 Å². The summed E-state index contributed by atoms with van der Waals surface area (Å²) in [6, 6.07) is 8.43. The van der Waals surface area contributed by atoms with Crippen molar-refractivity contribution in [2.24, 2.45) is 0 Å². The first-order chi connectivity index (χ1) is 8.25. The first-order valence-corrected chi connectivity index (χ1v) is 5.38. The van der Waals surface area contributed by atoms with Gasteiger partial charge in [0.1, 0.15) is 5.82 Å². The minimum Gasteiger partial charge on any atom is -0.336 e. The van der Waals surface area contributed by atoms with E-state index in [0.717, 1.165) is 5.52 Å². The first-order valence-electron chi connectivity index (χ1n) is 5.01. The van der Waals surface area contributed by atoms with Crippen molar-refractivity contribution in [3.8, 4) is 11.4 Å². The van der Waals surface area contributed by atoms with Crippen molar-refractivity contribution in [1.29, 1.82) is 0 Å². The summed E-state index contributed by atoms with van der Waals surface area (Å²) < 4.78 is 13.8. The summed E-state index contributed by atoms with van der Waals surface area (Å²) >= 11 is 5.73. The summed E-state index contributed by atoms with van der Waals surface area (Å²) in [5.41, 5.74) is 1.67. The molecular formula is C12H7ClFN3. The van der Waals surface area contributed by atoms with Crippen LogP contribution in [0.25, 0.3) is 22.6 Å². The molecule has 2 aromatic heterocycles. The second-order valence-corrected chi connectivity index (χ2v) is 3.97. The Balaban J connectivity index is 2.24. The highest BCUT2D eigenvalue weighted by Gasteiger charge is 2.12. The number of H-pyrrole nitrogens is 1. The van der Waals surface area contributed by atoms with Gasteiger partial charge in [0.25, 0.3) is 0 Å².